The molecular weight excluding hydrogens is 214 g/mol. The summed E-state index contributed by atoms with van der Waals surface area (Å²) in [5, 5.41) is 8.35. The van der Waals surface area contributed by atoms with Crippen LogP contribution in [0.25, 0.3) is 0 Å². The van der Waals surface area contributed by atoms with Crippen molar-refractivity contribution in [2.45, 2.75) is 12.3 Å². The molecule has 2 nitrogen and oxygen atoms in total. The molecule has 0 amide bonds. The maximum atomic E-state index is 12.8. The average Bonchev–Trinajstić information content (AvgIpc) is 2.08. The molecule has 14 heavy (non-hydrogen) atoms. The summed E-state index contributed by atoms with van der Waals surface area (Å²) in [4.78, 5) is 10.1. The van der Waals surface area contributed by atoms with Crippen LogP contribution in [0.3, 0.4) is 0 Å². The number of carbonyl (C=O) groups is 1. The Hall–Kier alpha value is -1.16. The summed E-state index contributed by atoms with van der Waals surface area (Å²) in [7, 11) is 0. The molecule has 1 N–H and O–H groups in total. The lowest BCUT2D eigenvalue weighted by atomic mass is 10.1. The van der Waals surface area contributed by atoms with Gasteiger partial charge in [0.05, 0.1) is 0 Å². The average molecular weight is 221 g/mol. The van der Waals surface area contributed by atoms with Crippen molar-refractivity contribution in [3.05, 3.63) is 34.9 Å². The van der Waals surface area contributed by atoms with Crippen molar-refractivity contribution in [3.63, 3.8) is 0 Å². The minimum absolute atomic E-state index is 0.126. The van der Waals surface area contributed by atoms with E-state index >= 15 is 0 Å². The van der Waals surface area contributed by atoms with E-state index in [2.05, 4.69) is 0 Å². The van der Waals surface area contributed by atoms with Gasteiger partial charge in [-0.05, 0) is 11.6 Å². The molecule has 0 saturated carbocycles. The van der Waals surface area contributed by atoms with Crippen molar-refractivity contribution < 1.29 is 18.7 Å². The summed E-state index contributed by atoms with van der Waals surface area (Å²) in [5.74, 6) is -5.91. The zero-order chi connectivity index (χ0) is 10.8. The zero-order valence-corrected chi connectivity index (χ0v) is 7.76. The summed E-state index contributed by atoms with van der Waals surface area (Å²) >= 11 is 5.61. The van der Waals surface area contributed by atoms with Crippen molar-refractivity contribution in [2.24, 2.45) is 0 Å². The minimum atomic E-state index is -3.77. The van der Waals surface area contributed by atoms with Crippen LogP contribution in [0.4, 0.5) is 8.78 Å². The number of aliphatic carboxylic acids is 1. The van der Waals surface area contributed by atoms with Gasteiger partial charge in [-0.2, -0.15) is 8.78 Å². The van der Waals surface area contributed by atoms with E-state index in [9.17, 15) is 13.6 Å². The lowest BCUT2D eigenvalue weighted by Crippen LogP contribution is -2.30. The number of hydrogen-bond donors (Lipinski definition) is 1. The number of hydrogen-bond acceptors (Lipinski definition) is 1. The van der Waals surface area contributed by atoms with Gasteiger partial charge in [0.25, 0.3) is 0 Å². The molecule has 0 saturated heterocycles. The van der Waals surface area contributed by atoms with Crippen LogP contribution >= 0.6 is 11.6 Å². The van der Waals surface area contributed by atoms with Crippen LogP contribution in [-0.2, 0) is 11.2 Å². The van der Waals surface area contributed by atoms with E-state index in [0.29, 0.717) is 0 Å². The fraction of sp³-hybridized carbons (Fsp3) is 0.222. The van der Waals surface area contributed by atoms with E-state index in [1.807, 2.05) is 0 Å². The Morgan fingerprint density at radius 2 is 2.00 bits per heavy atom. The number of rotatable bonds is 3. The Morgan fingerprint density at radius 3 is 2.50 bits per heavy atom. The summed E-state index contributed by atoms with van der Waals surface area (Å²) in [6.45, 7) is 0. The smallest absolute Gasteiger partial charge is 0.374 e. The van der Waals surface area contributed by atoms with Gasteiger partial charge < -0.3 is 5.11 Å². The molecule has 1 aromatic carbocycles. The summed E-state index contributed by atoms with van der Waals surface area (Å²) in [6.07, 6.45) is -0.887. The lowest BCUT2D eigenvalue weighted by molar-refractivity contribution is -0.164. The molecule has 1 rings (SSSR count). The van der Waals surface area contributed by atoms with Crippen molar-refractivity contribution >= 4 is 17.6 Å². The minimum Gasteiger partial charge on any atom is -0.477 e. The van der Waals surface area contributed by atoms with Gasteiger partial charge in [0.2, 0.25) is 0 Å². The van der Waals surface area contributed by atoms with Gasteiger partial charge in [-0.15, -0.1) is 0 Å². The molecule has 0 fully saturated rings. The van der Waals surface area contributed by atoms with Crippen molar-refractivity contribution in [1.82, 2.24) is 0 Å². The molecular formula is C9H7ClF2O2. The Kier molecular flexibility index (Phi) is 3.06. The number of halogens is 3. The molecule has 0 atom stereocenters. The monoisotopic (exact) mass is 220 g/mol. The van der Waals surface area contributed by atoms with Gasteiger partial charge in [0, 0.05) is 11.4 Å². The Morgan fingerprint density at radius 1 is 1.43 bits per heavy atom. The normalized spacial score (nSPS) is 11.4. The standard InChI is InChI=1S/C9H7ClF2O2/c10-7-4-2-1-3-6(7)5-9(11,12)8(13)14/h1-4H,5H2,(H,13,14). The van der Waals surface area contributed by atoms with Crippen LogP contribution in [0, 0.1) is 0 Å². The second-order valence-corrected chi connectivity index (χ2v) is 3.18. The van der Waals surface area contributed by atoms with Crippen molar-refractivity contribution in [1.29, 1.82) is 0 Å². The van der Waals surface area contributed by atoms with Crippen LogP contribution in [0.5, 0.6) is 0 Å². The molecule has 1 aromatic rings. The van der Waals surface area contributed by atoms with E-state index in [1.54, 1.807) is 6.07 Å². The van der Waals surface area contributed by atoms with Gasteiger partial charge in [-0.1, -0.05) is 29.8 Å². The van der Waals surface area contributed by atoms with Gasteiger partial charge in [0.1, 0.15) is 0 Å². The predicted octanol–water partition coefficient (Wildman–Crippen LogP) is 2.60. The molecule has 0 radical (unpaired) electrons. The van der Waals surface area contributed by atoms with E-state index < -0.39 is 18.3 Å². The Bertz CT molecular complexity index is 352. The van der Waals surface area contributed by atoms with E-state index in [0.717, 1.165) is 0 Å². The highest BCUT2D eigenvalue weighted by Gasteiger charge is 2.39. The first-order valence-electron chi connectivity index (χ1n) is 3.78. The van der Waals surface area contributed by atoms with Gasteiger partial charge in [0.15, 0.2) is 0 Å². The highest BCUT2D eigenvalue weighted by atomic mass is 35.5. The quantitative estimate of drug-likeness (QED) is 0.850. The number of benzene rings is 1. The third-order valence-electron chi connectivity index (χ3n) is 1.68. The van der Waals surface area contributed by atoms with E-state index in [4.69, 9.17) is 16.7 Å². The summed E-state index contributed by atoms with van der Waals surface area (Å²) < 4.78 is 25.5. The molecule has 76 valence electrons. The maximum Gasteiger partial charge on any atom is 0.374 e. The second-order valence-electron chi connectivity index (χ2n) is 2.78. The predicted molar refractivity (Wildman–Crippen MR) is 47.7 cm³/mol. The van der Waals surface area contributed by atoms with Crippen LogP contribution in [-0.4, -0.2) is 17.0 Å². The maximum absolute atomic E-state index is 12.8. The zero-order valence-electron chi connectivity index (χ0n) is 7.01. The third-order valence-corrected chi connectivity index (χ3v) is 2.05. The first-order chi connectivity index (χ1) is 6.43. The molecule has 0 aliphatic carbocycles. The summed E-state index contributed by atoms with van der Waals surface area (Å²) in [5.41, 5.74) is 0.126. The van der Waals surface area contributed by atoms with Crippen LogP contribution in [0.15, 0.2) is 24.3 Å². The van der Waals surface area contributed by atoms with E-state index in [1.165, 1.54) is 18.2 Å². The second kappa shape index (κ2) is 3.92. The Balaban J connectivity index is 2.89. The summed E-state index contributed by atoms with van der Waals surface area (Å²) in [6, 6.07) is 5.93. The Labute approximate surface area is 84.1 Å². The van der Waals surface area contributed by atoms with Crippen LogP contribution < -0.4 is 0 Å². The number of carboxylic acids is 1. The van der Waals surface area contributed by atoms with Crippen molar-refractivity contribution in [2.75, 3.05) is 0 Å². The fourth-order valence-electron chi connectivity index (χ4n) is 0.957. The SMILES string of the molecule is O=C(O)C(F)(F)Cc1ccccc1Cl. The van der Waals surface area contributed by atoms with Gasteiger partial charge in [-0.25, -0.2) is 4.79 Å². The first-order valence-corrected chi connectivity index (χ1v) is 4.16. The van der Waals surface area contributed by atoms with E-state index in [-0.39, 0.29) is 10.6 Å². The molecule has 0 spiro atoms. The molecule has 0 heterocycles. The molecule has 0 aliphatic rings. The highest BCUT2D eigenvalue weighted by Crippen LogP contribution is 2.24. The van der Waals surface area contributed by atoms with Crippen LogP contribution in [0.1, 0.15) is 5.56 Å². The lowest BCUT2D eigenvalue weighted by Gasteiger charge is -2.11. The molecule has 0 aliphatic heterocycles. The third kappa shape index (κ3) is 2.42. The number of carboxylic acid groups (broad SMARTS) is 1. The molecule has 0 aromatic heterocycles. The van der Waals surface area contributed by atoms with Gasteiger partial charge in [-0.3, -0.25) is 0 Å². The molecule has 5 heteroatoms. The topological polar surface area (TPSA) is 37.3 Å². The molecule has 0 unspecified atom stereocenters. The molecule has 0 bridgehead atoms. The first kappa shape index (κ1) is 10.9. The van der Waals surface area contributed by atoms with Crippen molar-refractivity contribution in [3.8, 4) is 0 Å². The fourth-order valence-corrected chi connectivity index (χ4v) is 1.16. The van der Waals surface area contributed by atoms with Crippen LogP contribution in [0.2, 0.25) is 5.02 Å². The number of alkyl halides is 2. The largest absolute Gasteiger partial charge is 0.477 e. The highest BCUT2D eigenvalue weighted by molar-refractivity contribution is 6.31. The van der Waals surface area contributed by atoms with Gasteiger partial charge >= 0.3 is 11.9 Å².